The number of nitrogen functional groups attached to an aromatic ring is 1. The van der Waals surface area contributed by atoms with Crippen molar-refractivity contribution in [2.45, 2.75) is 18.7 Å². The van der Waals surface area contributed by atoms with Crippen molar-refractivity contribution < 1.29 is 8.42 Å². The lowest BCUT2D eigenvalue weighted by Crippen LogP contribution is -2.13. The van der Waals surface area contributed by atoms with Gasteiger partial charge in [-0.1, -0.05) is 0 Å². The minimum Gasteiger partial charge on any atom is -0.381 e. The van der Waals surface area contributed by atoms with Gasteiger partial charge < -0.3 is 5.73 Å². The molecule has 0 spiro atoms. The van der Waals surface area contributed by atoms with Gasteiger partial charge in [-0.2, -0.15) is 5.10 Å². The summed E-state index contributed by atoms with van der Waals surface area (Å²) in [6, 6.07) is 0. The highest BCUT2D eigenvalue weighted by Gasteiger charge is 2.22. The number of rotatable bonds is 3. The van der Waals surface area contributed by atoms with E-state index in [0.717, 1.165) is 10.6 Å². The predicted octanol–water partition coefficient (Wildman–Crippen LogP) is 0.876. The van der Waals surface area contributed by atoms with E-state index in [2.05, 4.69) is 14.8 Å². The van der Waals surface area contributed by atoms with Crippen LogP contribution in [-0.2, 0) is 17.1 Å². The van der Waals surface area contributed by atoms with E-state index in [1.54, 1.807) is 7.05 Å². The van der Waals surface area contributed by atoms with Crippen molar-refractivity contribution in [2.24, 2.45) is 7.05 Å². The molecule has 2 aromatic rings. The average molecular weight is 287 g/mol. The van der Waals surface area contributed by atoms with E-state index >= 15 is 0 Å². The lowest BCUT2D eigenvalue weighted by atomic mass is 10.4. The third-order valence-electron chi connectivity index (χ3n) is 2.36. The van der Waals surface area contributed by atoms with Crippen LogP contribution in [-0.4, -0.2) is 23.2 Å². The SMILES string of the molecule is Cc1nc(NS(=O)(=O)c2cn(C)nc2N)sc1C. The number of sulfonamides is 1. The fourth-order valence-electron chi connectivity index (χ4n) is 1.38. The lowest BCUT2D eigenvalue weighted by molar-refractivity contribution is 0.601. The predicted molar refractivity (Wildman–Crippen MR) is 70.0 cm³/mol. The lowest BCUT2D eigenvalue weighted by Gasteiger charge is -2.02. The standard InChI is InChI=1S/C9H13N5O2S2/c1-5-6(2)17-9(11-5)13-18(15,16)7-4-14(3)12-8(7)10/h4H,1-3H3,(H2,10,12)(H,11,13). The molecule has 0 aromatic carbocycles. The Balaban J connectivity index is 2.35. The van der Waals surface area contributed by atoms with Crippen molar-refractivity contribution in [3.05, 3.63) is 16.8 Å². The van der Waals surface area contributed by atoms with E-state index in [9.17, 15) is 8.42 Å². The number of hydrogen-bond donors (Lipinski definition) is 2. The number of nitrogens with one attached hydrogen (secondary N) is 1. The second-order valence-corrected chi connectivity index (χ2v) is 6.67. The molecule has 0 saturated carbocycles. The van der Waals surface area contributed by atoms with Crippen LogP contribution in [0.5, 0.6) is 0 Å². The van der Waals surface area contributed by atoms with Crippen LogP contribution in [0.4, 0.5) is 10.9 Å². The summed E-state index contributed by atoms with van der Waals surface area (Å²) in [5.74, 6) is -0.0324. The molecule has 2 heterocycles. The first kappa shape index (κ1) is 12.8. The van der Waals surface area contributed by atoms with Gasteiger partial charge in [-0.3, -0.25) is 9.40 Å². The topological polar surface area (TPSA) is 103 Å². The van der Waals surface area contributed by atoms with Gasteiger partial charge in [-0.15, -0.1) is 11.3 Å². The van der Waals surface area contributed by atoms with Crippen LogP contribution in [0.3, 0.4) is 0 Å². The molecular formula is C9H13N5O2S2. The first-order valence-electron chi connectivity index (χ1n) is 5.05. The molecular weight excluding hydrogens is 274 g/mol. The minimum absolute atomic E-state index is 0.0324. The van der Waals surface area contributed by atoms with Gasteiger partial charge in [0.05, 0.1) is 5.69 Å². The van der Waals surface area contributed by atoms with Crippen LogP contribution in [0.25, 0.3) is 0 Å². The third kappa shape index (κ3) is 2.31. The normalized spacial score (nSPS) is 11.7. The van der Waals surface area contributed by atoms with Gasteiger partial charge in [0.1, 0.15) is 4.90 Å². The number of hydrogen-bond acceptors (Lipinski definition) is 6. The van der Waals surface area contributed by atoms with E-state index in [1.165, 1.54) is 22.2 Å². The molecule has 0 aliphatic rings. The molecule has 0 atom stereocenters. The Kier molecular flexibility index (Phi) is 3.03. The van der Waals surface area contributed by atoms with Crippen LogP contribution >= 0.6 is 11.3 Å². The Bertz CT molecular complexity index is 666. The zero-order chi connectivity index (χ0) is 13.5. The number of aromatic nitrogens is 3. The summed E-state index contributed by atoms with van der Waals surface area (Å²) >= 11 is 1.28. The number of anilines is 2. The largest absolute Gasteiger partial charge is 0.381 e. The van der Waals surface area contributed by atoms with E-state index in [-0.39, 0.29) is 10.7 Å². The maximum absolute atomic E-state index is 12.1. The number of aryl methyl sites for hydroxylation is 3. The molecule has 0 aliphatic carbocycles. The van der Waals surface area contributed by atoms with Gasteiger partial charge in [0.25, 0.3) is 10.0 Å². The molecule has 9 heteroatoms. The summed E-state index contributed by atoms with van der Waals surface area (Å²) in [5.41, 5.74) is 6.35. The molecule has 2 rings (SSSR count). The molecule has 0 aliphatic heterocycles. The summed E-state index contributed by atoms with van der Waals surface area (Å²) in [4.78, 5) is 5.04. The zero-order valence-corrected chi connectivity index (χ0v) is 11.8. The van der Waals surface area contributed by atoms with Crippen molar-refractivity contribution in [1.82, 2.24) is 14.8 Å². The van der Waals surface area contributed by atoms with Crippen molar-refractivity contribution in [2.75, 3.05) is 10.5 Å². The summed E-state index contributed by atoms with van der Waals surface area (Å²) in [7, 11) is -2.13. The molecule has 2 aromatic heterocycles. The molecule has 18 heavy (non-hydrogen) atoms. The number of nitrogens with zero attached hydrogens (tertiary/aromatic N) is 3. The highest BCUT2D eigenvalue weighted by Crippen LogP contribution is 2.25. The highest BCUT2D eigenvalue weighted by atomic mass is 32.2. The van der Waals surface area contributed by atoms with Crippen LogP contribution in [0.15, 0.2) is 11.1 Å². The summed E-state index contributed by atoms with van der Waals surface area (Å²) in [6.45, 7) is 3.70. The van der Waals surface area contributed by atoms with Crippen molar-refractivity contribution in [1.29, 1.82) is 0 Å². The van der Waals surface area contributed by atoms with E-state index in [1.807, 2.05) is 13.8 Å². The molecule has 7 nitrogen and oxygen atoms in total. The van der Waals surface area contributed by atoms with Crippen LogP contribution < -0.4 is 10.5 Å². The highest BCUT2D eigenvalue weighted by molar-refractivity contribution is 7.93. The Morgan fingerprint density at radius 2 is 2.11 bits per heavy atom. The molecule has 0 amide bonds. The summed E-state index contributed by atoms with van der Waals surface area (Å²) in [5, 5.41) is 4.13. The first-order valence-corrected chi connectivity index (χ1v) is 7.35. The first-order chi connectivity index (χ1) is 8.29. The van der Waals surface area contributed by atoms with Crippen molar-refractivity contribution in [3.63, 3.8) is 0 Å². The van der Waals surface area contributed by atoms with Crippen LogP contribution in [0.1, 0.15) is 10.6 Å². The third-order valence-corrected chi connectivity index (χ3v) is 4.83. The Hall–Kier alpha value is -1.61. The van der Waals surface area contributed by atoms with Crippen molar-refractivity contribution in [3.8, 4) is 0 Å². The van der Waals surface area contributed by atoms with Crippen molar-refractivity contribution >= 4 is 32.3 Å². The molecule has 0 saturated heterocycles. The molecule has 0 fully saturated rings. The zero-order valence-electron chi connectivity index (χ0n) is 10.1. The summed E-state index contributed by atoms with van der Waals surface area (Å²) < 4.78 is 27.9. The van der Waals surface area contributed by atoms with Gasteiger partial charge in [0.2, 0.25) is 0 Å². The molecule has 3 N–H and O–H groups in total. The van der Waals surface area contributed by atoms with Gasteiger partial charge in [-0.25, -0.2) is 13.4 Å². The van der Waals surface area contributed by atoms with Gasteiger partial charge in [-0.05, 0) is 13.8 Å². The number of thiazole rings is 1. The maximum Gasteiger partial charge on any atom is 0.268 e. The fraction of sp³-hybridized carbons (Fsp3) is 0.333. The van der Waals surface area contributed by atoms with Crippen LogP contribution in [0, 0.1) is 13.8 Å². The Labute approximate surface area is 109 Å². The Morgan fingerprint density at radius 1 is 1.44 bits per heavy atom. The number of nitrogens with two attached hydrogens (primary N) is 1. The quantitative estimate of drug-likeness (QED) is 0.872. The minimum atomic E-state index is -3.74. The van der Waals surface area contributed by atoms with Gasteiger partial charge in [0.15, 0.2) is 10.9 Å². The maximum atomic E-state index is 12.1. The molecule has 0 radical (unpaired) electrons. The summed E-state index contributed by atoms with van der Waals surface area (Å²) in [6.07, 6.45) is 1.35. The molecule has 0 unspecified atom stereocenters. The molecule has 0 bridgehead atoms. The Morgan fingerprint density at radius 3 is 2.56 bits per heavy atom. The monoisotopic (exact) mass is 287 g/mol. The van der Waals surface area contributed by atoms with Crippen LogP contribution in [0.2, 0.25) is 0 Å². The van der Waals surface area contributed by atoms with E-state index in [0.29, 0.717) is 5.13 Å². The second kappa shape index (κ2) is 4.25. The smallest absolute Gasteiger partial charge is 0.268 e. The van der Waals surface area contributed by atoms with E-state index < -0.39 is 10.0 Å². The van der Waals surface area contributed by atoms with Gasteiger partial charge in [0, 0.05) is 18.1 Å². The van der Waals surface area contributed by atoms with E-state index in [4.69, 9.17) is 5.73 Å². The molecule has 98 valence electrons. The fourth-order valence-corrected chi connectivity index (χ4v) is 3.53. The second-order valence-electron chi connectivity index (χ2n) is 3.82. The average Bonchev–Trinajstić information content (AvgIpc) is 2.70. The van der Waals surface area contributed by atoms with Gasteiger partial charge >= 0.3 is 0 Å².